The predicted molar refractivity (Wildman–Crippen MR) is 108 cm³/mol. The highest BCUT2D eigenvalue weighted by Crippen LogP contribution is 2.42. The van der Waals surface area contributed by atoms with Gasteiger partial charge < -0.3 is 19.5 Å². The zero-order chi connectivity index (χ0) is 21.0. The molecular weight excluding hydrogens is 442 g/mol. The maximum absolute atomic E-state index is 12.1. The number of carbonyl (C=O) groups excluding carboxylic acids is 3. The van der Waals surface area contributed by atoms with E-state index >= 15 is 0 Å². The van der Waals surface area contributed by atoms with E-state index < -0.39 is 11.9 Å². The van der Waals surface area contributed by atoms with Crippen LogP contribution in [0, 0.1) is 0 Å². The first-order valence-electron chi connectivity index (χ1n) is 8.96. The number of benzene rings is 2. The fourth-order valence-corrected chi connectivity index (χ4v) is 3.41. The summed E-state index contributed by atoms with van der Waals surface area (Å²) in [4.78, 5) is 34.4. The molecule has 1 N–H and O–H groups in total. The Kier molecular flexibility index (Phi) is 6.53. The zero-order valence-corrected chi connectivity index (χ0v) is 17.5. The number of halogens is 1. The van der Waals surface area contributed by atoms with Crippen molar-refractivity contribution in [2.24, 2.45) is 0 Å². The molecule has 1 aliphatic rings. The molecule has 0 fully saturated rings. The van der Waals surface area contributed by atoms with Crippen LogP contribution < -0.4 is 19.5 Å². The van der Waals surface area contributed by atoms with Gasteiger partial charge in [-0.25, -0.2) is 0 Å². The lowest BCUT2D eigenvalue weighted by Gasteiger charge is -2.34. The van der Waals surface area contributed by atoms with Gasteiger partial charge in [0, 0.05) is 31.4 Å². The molecule has 7 nitrogen and oxygen atoms in total. The molecule has 2 aromatic rings. The van der Waals surface area contributed by atoms with Crippen molar-refractivity contribution in [3.05, 3.63) is 53.6 Å². The van der Waals surface area contributed by atoms with Gasteiger partial charge in [-0.05, 0) is 29.8 Å². The summed E-state index contributed by atoms with van der Waals surface area (Å²) in [6.07, 6.45) is 0. The lowest BCUT2D eigenvalue weighted by atomic mass is 9.85. The zero-order valence-electron chi connectivity index (χ0n) is 15.9. The molecule has 0 bridgehead atoms. The highest BCUT2D eigenvalue weighted by molar-refractivity contribution is 9.09. The predicted octanol–water partition coefficient (Wildman–Crippen LogP) is 3.27. The second kappa shape index (κ2) is 9.09. The van der Waals surface area contributed by atoms with E-state index in [1.807, 2.05) is 12.1 Å². The Morgan fingerprint density at radius 2 is 1.66 bits per heavy atom. The van der Waals surface area contributed by atoms with Crippen LogP contribution in [-0.2, 0) is 14.4 Å². The van der Waals surface area contributed by atoms with Crippen LogP contribution in [0.5, 0.6) is 17.2 Å². The molecule has 3 rings (SSSR count). The molecule has 2 atom stereocenters. The molecule has 0 aliphatic carbocycles. The van der Waals surface area contributed by atoms with Crippen LogP contribution >= 0.6 is 15.9 Å². The second-order valence-corrected chi connectivity index (χ2v) is 7.11. The number of fused-ring (bicyclic) bond motifs is 1. The van der Waals surface area contributed by atoms with E-state index in [9.17, 15) is 14.4 Å². The van der Waals surface area contributed by atoms with Gasteiger partial charge in [-0.2, -0.15) is 0 Å². The standard InChI is InChI=1S/C21H20BrNO6/c1-12(24)28-15-5-3-14(4-6-15)18-11-27-19-9-16(29-13(2)25)7-8-17(19)21(18)23-20(26)10-22/h3-9,18,21H,10-11H2,1-2H3,(H,23,26). The van der Waals surface area contributed by atoms with Gasteiger partial charge in [0.2, 0.25) is 5.91 Å². The highest BCUT2D eigenvalue weighted by atomic mass is 79.9. The summed E-state index contributed by atoms with van der Waals surface area (Å²) < 4.78 is 16.1. The molecule has 1 heterocycles. The van der Waals surface area contributed by atoms with Crippen LogP contribution in [0.2, 0.25) is 0 Å². The third kappa shape index (κ3) is 5.14. The molecule has 0 aromatic heterocycles. The Hall–Kier alpha value is -2.87. The first-order valence-corrected chi connectivity index (χ1v) is 10.1. The summed E-state index contributed by atoms with van der Waals surface area (Å²) in [7, 11) is 0. The third-order valence-electron chi connectivity index (χ3n) is 4.41. The summed E-state index contributed by atoms with van der Waals surface area (Å²) >= 11 is 3.18. The fraction of sp³-hybridized carbons (Fsp3) is 0.286. The van der Waals surface area contributed by atoms with Crippen LogP contribution in [0.15, 0.2) is 42.5 Å². The lowest BCUT2D eigenvalue weighted by molar-refractivity contribution is -0.132. The van der Waals surface area contributed by atoms with Gasteiger partial charge in [-0.1, -0.05) is 28.1 Å². The van der Waals surface area contributed by atoms with E-state index in [0.717, 1.165) is 11.1 Å². The number of carbonyl (C=O) groups is 3. The van der Waals surface area contributed by atoms with Crippen LogP contribution in [-0.4, -0.2) is 29.8 Å². The smallest absolute Gasteiger partial charge is 0.308 e. The molecule has 8 heteroatoms. The van der Waals surface area contributed by atoms with Gasteiger partial charge in [0.25, 0.3) is 0 Å². The maximum atomic E-state index is 12.1. The molecule has 0 saturated heterocycles. The number of hydrogen-bond acceptors (Lipinski definition) is 6. The Morgan fingerprint density at radius 3 is 2.28 bits per heavy atom. The molecule has 2 unspecified atom stereocenters. The molecule has 152 valence electrons. The van der Waals surface area contributed by atoms with Crippen molar-refractivity contribution in [2.75, 3.05) is 11.9 Å². The molecule has 0 saturated carbocycles. The van der Waals surface area contributed by atoms with Gasteiger partial charge in [-0.15, -0.1) is 0 Å². The maximum Gasteiger partial charge on any atom is 0.308 e. The van der Waals surface area contributed by atoms with Crippen molar-refractivity contribution in [1.82, 2.24) is 5.32 Å². The van der Waals surface area contributed by atoms with Gasteiger partial charge >= 0.3 is 11.9 Å². The van der Waals surface area contributed by atoms with Crippen LogP contribution in [0.4, 0.5) is 0 Å². The van der Waals surface area contributed by atoms with E-state index in [1.165, 1.54) is 13.8 Å². The third-order valence-corrected chi connectivity index (χ3v) is 4.92. The van der Waals surface area contributed by atoms with Gasteiger partial charge in [-0.3, -0.25) is 14.4 Å². The summed E-state index contributed by atoms with van der Waals surface area (Å²) in [6.45, 7) is 2.99. The van der Waals surface area contributed by atoms with Crippen LogP contribution in [0.1, 0.15) is 36.9 Å². The van der Waals surface area contributed by atoms with Crippen LogP contribution in [0.3, 0.4) is 0 Å². The largest absolute Gasteiger partial charge is 0.492 e. The van der Waals surface area contributed by atoms with Crippen molar-refractivity contribution in [1.29, 1.82) is 0 Å². The highest BCUT2D eigenvalue weighted by Gasteiger charge is 2.33. The summed E-state index contributed by atoms with van der Waals surface area (Å²) in [5, 5.41) is 3.19. The Balaban J connectivity index is 1.92. The Labute approximate surface area is 176 Å². The van der Waals surface area contributed by atoms with E-state index in [1.54, 1.807) is 30.3 Å². The number of hydrogen-bond donors (Lipinski definition) is 1. The average Bonchev–Trinajstić information content (AvgIpc) is 2.67. The number of rotatable bonds is 5. The quantitative estimate of drug-likeness (QED) is 0.417. The summed E-state index contributed by atoms with van der Waals surface area (Å²) in [6, 6.07) is 11.9. The topological polar surface area (TPSA) is 90.9 Å². The molecule has 0 radical (unpaired) electrons. The minimum Gasteiger partial charge on any atom is -0.492 e. The second-order valence-electron chi connectivity index (χ2n) is 6.55. The molecule has 2 aromatic carbocycles. The number of nitrogens with one attached hydrogen (secondary N) is 1. The number of alkyl halides is 1. The van der Waals surface area contributed by atoms with Crippen molar-refractivity contribution >= 4 is 33.8 Å². The normalized spacial score (nSPS) is 17.5. The van der Waals surface area contributed by atoms with E-state index in [-0.39, 0.29) is 23.2 Å². The van der Waals surface area contributed by atoms with Crippen molar-refractivity contribution in [3.63, 3.8) is 0 Å². The fourth-order valence-electron chi connectivity index (χ4n) is 3.25. The Bertz CT molecular complexity index is 927. The molecule has 1 amide bonds. The monoisotopic (exact) mass is 461 g/mol. The van der Waals surface area contributed by atoms with E-state index in [0.29, 0.717) is 23.9 Å². The SMILES string of the molecule is CC(=O)Oc1ccc(C2COc3cc(OC(C)=O)ccc3C2NC(=O)CBr)cc1. The molecule has 29 heavy (non-hydrogen) atoms. The van der Waals surface area contributed by atoms with Crippen LogP contribution in [0.25, 0.3) is 0 Å². The van der Waals surface area contributed by atoms with Gasteiger partial charge in [0.05, 0.1) is 18.0 Å². The molecular formula is C21H20BrNO6. The first kappa shape index (κ1) is 20.9. The summed E-state index contributed by atoms with van der Waals surface area (Å²) in [5.41, 5.74) is 1.71. The van der Waals surface area contributed by atoms with Crippen molar-refractivity contribution in [3.8, 4) is 17.2 Å². The Morgan fingerprint density at radius 1 is 1.03 bits per heavy atom. The minimum atomic E-state index is -0.421. The van der Waals surface area contributed by atoms with Crippen molar-refractivity contribution in [2.45, 2.75) is 25.8 Å². The van der Waals surface area contributed by atoms with Crippen molar-refractivity contribution < 1.29 is 28.6 Å². The van der Waals surface area contributed by atoms with E-state index in [4.69, 9.17) is 14.2 Å². The number of esters is 2. The van der Waals surface area contributed by atoms with E-state index in [2.05, 4.69) is 21.2 Å². The average molecular weight is 462 g/mol. The lowest BCUT2D eigenvalue weighted by Crippen LogP contribution is -2.38. The summed E-state index contributed by atoms with van der Waals surface area (Å²) in [5.74, 6) is 0.257. The molecule has 1 aliphatic heterocycles. The minimum absolute atomic E-state index is 0.156. The molecule has 0 spiro atoms. The van der Waals surface area contributed by atoms with Gasteiger partial charge in [0.15, 0.2) is 0 Å². The number of ether oxygens (including phenoxy) is 3. The van der Waals surface area contributed by atoms with Gasteiger partial charge in [0.1, 0.15) is 17.2 Å². The number of amides is 1. The first-order chi connectivity index (χ1) is 13.9.